The monoisotopic (exact) mass is 531 g/mol. The molecule has 1 fully saturated rings. The third-order valence-corrected chi connectivity index (χ3v) is 9.38. The highest BCUT2D eigenvalue weighted by molar-refractivity contribution is 7.89. The van der Waals surface area contributed by atoms with Crippen molar-refractivity contribution >= 4 is 27.3 Å². The largest absolute Gasteiger partial charge is 0.495 e. The van der Waals surface area contributed by atoms with Gasteiger partial charge in [0.2, 0.25) is 10.0 Å². The first-order valence-electron chi connectivity index (χ1n) is 13.0. The molecule has 36 heavy (non-hydrogen) atoms. The number of nitrogens with one attached hydrogen (secondary N) is 1. The van der Waals surface area contributed by atoms with E-state index in [0.717, 1.165) is 48.7 Å². The number of sulfonamides is 1. The summed E-state index contributed by atoms with van der Waals surface area (Å²) in [4.78, 5) is 2.26. The minimum Gasteiger partial charge on any atom is -0.495 e. The molecular weight excluding hydrogens is 494 g/mol. The van der Waals surface area contributed by atoms with Crippen LogP contribution < -0.4 is 15.0 Å². The van der Waals surface area contributed by atoms with Gasteiger partial charge in [-0.2, -0.15) is 4.31 Å². The number of methoxy groups -OCH3 is 1. The number of halogens is 1. The van der Waals surface area contributed by atoms with Gasteiger partial charge in [0, 0.05) is 37.7 Å². The molecule has 2 aromatic carbocycles. The topological polar surface area (TPSA) is 61.9 Å². The minimum atomic E-state index is -3.15. The Morgan fingerprint density at radius 2 is 1.89 bits per heavy atom. The third kappa shape index (κ3) is 6.62. The van der Waals surface area contributed by atoms with Crippen molar-refractivity contribution in [3.8, 4) is 5.75 Å². The van der Waals surface area contributed by atoms with Crippen molar-refractivity contribution in [3.05, 3.63) is 70.3 Å². The Balaban J connectivity index is 1.40. The second kappa shape index (κ2) is 12.5. The fraction of sp³-hybridized carbons (Fsp3) is 0.500. The van der Waals surface area contributed by atoms with E-state index < -0.39 is 10.0 Å². The molecule has 0 spiro atoms. The minimum absolute atomic E-state index is 0.170. The SMILES string of the molecule is CCCS(=O)(=O)N1CCN(c2cc3c(cc2OC)C(/C=C/CCCc2ccc(Cl)cc2)NCC3)CC1. The first-order chi connectivity index (χ1) is 17.4. The summed E-state index contributed by atoms with van der Waals surface area (Å²) >= 11 is 5.98. The van der Waals surface area contributed by atoms with Gasteiger partial charge in [-0.05, 0) is 73.1 Å². The number of anilines is 1. The maximum absolute atomic E-state index is 12.5. The van der Waals surface area contributed by atoms with Crippen molar-refractivity contribution in [2.24, 2.45) is 0 Å². The van der Waals surface area contributed by atoms with Crippen LogP contribution in [0.4, 0.5) is 5.69 Å². The molecule has 0 aliphatic carbocycles. The highest BCUT2D eigenvalue weighted by atomic mass is 35.5. The van der Waals surface area contributed by atoms with Gasteiger partial charge in [-0.3, -0.25) is 0 Å². The molecule has 4 rings (SSSR count). The second-order valence-corrected chi connectivity index (χ2v) is 12.1. The third-order valence-electron chi connectivity index (χ3n) is 7.05. The lowest BCUT2D eigenvalue weighted by atomic mass is 9.92. The predicted molar refractivity (Wildman–Crippen MR) is 149 cm³/mol. The van der Waals surface area contributed by atoms with E-state index in [0.29, 0.717) is 32.6 Å². The van der Waals surface area contributed by atoms with Gasteiger partial charge in [-0.25, -0.2) is 8.42 Å². The Hall–Kier alpha value is -2.06. The first-order valence-corrected chi connectivity index (χ1v) is 15.0. The van der Waals surface area contributed by atoms with E-state index in [1.165, 1.54) is 16.7 Å². The van der Waals surface area contributed by atoms with Crippen LogP contribution in [0.5, 0.6) is 5.75 Å². The normalized spacial score (nSPS) is 19.0. The number of allylic oxidation sites excluding steroid dienone is 1. The van der Waals surface area contributed by atoms with Crippen LogP contribution in [-0.4, -0.2) is 58.3 Å². The second-order valence-electron chi connectivity index (χ2n) is 9.55. The van der Waals surface area contributed by atoms with Crippen LogP contribution in [0.1, 0.15) is 48.9 Å². The lowest BCUT2D eigenvalue weighted by Crippen LogP contribution is -2.49. The molecule has 0 bridgehead atoms. The number of benzene rings is 2. The van der Waals surface area contributed by atoms with Crippen molar-refractivity contribution in [3.63, 3.8) is 0 Å². The Kier molecular flexibility index (Phi) is 9.34. The van der Waals surface area contributed by atoms with E-state index >= 15 is 0 Å². The molecule has 8 heteroatoms. The average Bonchev–Trinajstić information content (AvgIpc) is 2.89. The van der Waals surface area contributed by atoms with Crippen LogP contribution >= 0.6 is 11.6 Å². The van der Waals surface area contributed by atoms with Crippen LogP contribution in [0.15, 0.2) is 48.6 Å². The van der Waals surface area contributed by atoms with Gasteiger partial charge in [0.1, 0.15) is 5.75 Å². The predicted octanol–water partition coefficient (Wildman–Crippen LogP) is 4.98. The number of aryl methyl sites for hydroxylation is 1. The molecule has 1 saturated heterocycles. The molecule has 1 atom stereocenters. The summed E-state index contributed by atoms with van der Waals surface area (Å²) in [6.07, 6.45) is 9.33. The van der Waals surface area contributed by atoms with Gasteiger partial charge in [-0.1, -0.05) is 42.8 Å². The van der Waals surface area contributed by atoms with E-state index in [-0.39, 0.29) is 11.8 Å². The number of unbranched alkanes of at least 4 members (excludes halogenated alkanes) is 1. The molecule has 0 radical (unpaired) electrons. The molecule has 196 valence electrons. The van der Waals surface area contributed by atoms with Gasteiger partial charge in [-0.15, -0.1) is 0 Å². The maximum atomic E-state index is 12.5. The summed E-state index contributed by atoms with van der Waals surface area (Å²) in [5.41, 5.74) is 4.98. The molecular formula is C28H38ClN3O3S. The van der Waals surface area contributed by atoms with Crippen LogP contribution in [0.25, 0.3) is 0 Å². The zero-order valence-electron chi connectivity index (χ0n) is 21.4. The number of ether oxygens (including phenoxy) is 1. The summed E-state index contributed by atoms with van der Waals surface area (Å²) in [7, 11) is -1.44. The van der Waals surface area contributed by atoms with Gasteiger partial charge >= 0.3 is 0 Å². The Labute approximate surface area is 221 Å². The van der Waals surface area contributed by atoms with Gasteiger partial charge in [0.25, 0.3) is 0 Å². The Morgan fingerprint density at radius 1 is 1.14 bits per heavy atom. The van der Waals surface area contributed by atoms with E-state index in [4.69, 9.17) is 16.3 Å². The Bertz CT molecular complexity index is 1140. The highest BCUT2D eigenvalue weighted by Gasteiger charge is 2.28. The molecule has 1 unspecified atom stereocenters. The van der Waals surface area contributed by atoms with Crippen LogP contribution in [0, 0.1) is 0 Å². The number of hydrogen-bond donors (Lipinski definition) is 1. The van der Waals surface area contributed by atoms with E-state index in [9.17, 15) is 8.42 Å². The number of piperazine rings is 1. The lowest BCUT2D eigenvalue weighted by Gasteiger charge is -2.37. The Morgan fingerprint density at radius 3 is 2.58 bits per heavy atom. The number of rotatable bonds is 10. The van der Waals surface area contributed by atoms with E-state index in [1.54, 1.807) is 11.4 Å². The van der Waals surface area contributed by atoms with Crippen LogP contribution in [0.2, 0.25) is 5.02 Å². The standard InChI is InChI=1S/C28H38ClN3O3S/c1-3-19-36(33,34)32-17-15-31(16-18-32)27-20-23-13-14-30-26(25(23)21-28(27)35-2)8-6-4-5-7-22-9-11-24(29)12-10-22/h6,8-12,20-21,26,30H,3-5,7,13-19H2,1-2H3/b8-6+. The summed E-state index contributed by atoms with van der Waals surface area (Å²) in [5.74, 6) is 1.07. The number of nitrogens with zero attached hydrogens (tertiary/aromatic N) is 2. The molecule has 6 nitrogen and oxygen atoms in total. The average molecular weight is 532 g/mol. The van der Waals surface area contributed by atoms with Gasteiger partial charge < -0.3 is 15.0 Å². The summed E-state index contributed by atoms with van der Waals surface area (Å²) in [6.45, 7) is 5.23. The first kappa shape index (κ1) is 27.0. The molecule has 0 aromatic heterocycles. The van der Waals surface area contributed by atoms with Gasteiger partial charge in [0.15, 0.2) is 0 Å². The summed E-state index contributed by atoms with van der Waals surface area (Å²) in [5, 5.41) is 4.41. The fourth-order valence-electron chi connectivity index (χ4n) is 5.09. The molecule has 0 amide bonds. The molecule has 2 heterocycles. The molecule has 0 saturated carbocycles. The summed E-state index contributed by atoms with van der Waals surface area (Å²) in [6, 6.07) is 12.7. The zero-order valence-corrected chi connectivity index (χ0v) is 23.0. The van der Waals surface area contributed by atoms with Crippen LogP contribution in [0.3, 0.4) is 0 Å². The van der Waals surface area contributed by atoms with Crippen molar-refractivity contribution in [2.75, 3.05) is 50.5 Å². The van der Waals surface area contributed by atoms with Crippen LogP contribution in [-0.2, 0) is 22.9 Å². The molecule has 2 aromatic rings. The highest BCUT2D eigenvalue weighted by Crippen LogP contribution is 2.37. The molecule has 1 N–H and O–H groups in total. The van der Waals surface area contributed by atoms with E-state index in [2.05, 4.69) is 46.6 Å². The molecule has 2 aliphatic rings. The fourth-order valence-corrected chi connectivity index (χ4v) is 6.71. The van der Waals surface area contributed by atoms with Crippen molar-refractivity contribution in [2.45, 2.75) is 45.1 Å². The van der Waals surface area contributed by atoms with Gasteiger partial charge in [0.05, 0.1) is 24.6 Å². The maximum Gasteiger partial charge on any atom is 0.214 e. The number of fused-ring (bicyclic) bond motifs is 1. The smallest absolute Gasteiger partial charge is 0.214 e. The van der Waals surface area contributed by atoms with E-state index in [1.807, 2.05) is 19.1 Å². The lowest BCUT2D eigenvalue weighted by molar-refractivity contribution is 0.377. The van der Waals surface area contributed by atoms with Crippen molar-refractivity contribution < 1.29 is 13.2 Å². The quantitative estimate of drug-likeness (QED) is 0.346. The van der Waals surface area contributed by atoms with Crippen molar-refractivity contribution in [1.82, 2.24) is 9.62 Å². The number of hydrogen-bond acceptors (Lipinski definition) is 5. The summed E-state index contributed by atoms with van der Waals surface area (Å²) < 4.78 is 32.4. The zero-order chi connectivity index (χ0) is 25.5. The molecule has 2 aliphatic heterocycles. The van der Waals surface area contributed by atoms with Crippen molar-refractivity contribution in [1.29, 1.82) is 0 Å².